The molecule has 4 nitrogen and oxygen atoms in total. The topological polar surface area (TPSA) is 59.1 Å². The minimum Gasteiger partial charge on any atom is -0.490 e. The van der Waals surface area contributed by atoms with Crippen LogP contribution in [0.15, 0.2) is 18.2 Å². The number of carboxylic acid groups (broad SMARTS) is 1. The molecular weight excluding hydrogens is 220 g/mol. The van der Waals surface area contributed by atoms with Gasteiger partial charge in [0, 0.05) is 0 Å². The average molecular weight is 236 g/mol. The van der Waals surface area contributed by atoms with Crippen molar-refractivity contribution in [2.75, 3.05) is 13.2 Å². The summed E-state index contributed by atoms with van der Waals surface area (Å²) in [5, 5.41) is 8.95. The Bertz CT molecular complexity index is 421. The Balaban J connectivity index is 2.20. The number of ether oxygens (including phenoxy) is 2. The van der Waals surface area contributed by atoms with Crippen molar-refractivity contribution in [3.05, 3.63) is 29.3 Å². The van der Waals surface area contributed by atoms with Gasteiger partial charge in [0.1, 0.15) is 18.5 Å². The van der Waals surface area contributed by atoms with Gasteiger partial charge in [0.2, 0.25) is 0 Å². The molecule has 0 aliphatic carbocycles. The van der Waals surface area contributed by atoms with Crippen molar-refractivity contribution in [1.29, 1.82) is 0 Å². The lowest BCUT2D eigenvalue weighted by Gasteiger charge is -2.14. The molecule has 0 saturated carbocycles. The molecule has 17 heavy (non-hydrogen) atoms. The molecule has 1 N–H and O–H groups in total. The number of benzene rings is 1. The van der Waals surface area contributed by atoms with Gasteiger partial charge in [-0.05, 0) is 29.7 Å². The first-order valence-corrected chi connectivity index (χ1v) is 5.69. The molecule has 1 heterocycles. The van der Waals surface area contributed by atoms with E-state index in [0.29, 0.717) is 12.2 Å². The van der Waals surface area contributed by atoms with Crippen molar-refractivity contribution in [2.45, 2.75) is 25.9 Å². The molecule has 0 bridgehead atoms. The first-order valence-electron chi connectivity index (χ1n) is 5.69. The molecule has 92 valence electrons. The lowest BCUT2D eigenvalue weighted by Crippen LogP contribution is -2.07. The van der Waals surface area contributed by atoms with Crippen molar-refractivity contribution < 1.29 is 19.4 Å². The van der Waals surface area contributed by atoms with Crippen molar-refractivity contribution in [2.24, 2.45) is 0 Å². The van der Waals surface area contributed by atoms with Crippen LogP contribution in [0.5, 0.6) is 5.75 Å². The van der Waals surface area contributed by atoms with Crippen LogP contribution in [0.2, 0.25) is 0 Å². The molecule has 1 aliphatic rings. The molecule has 2 rings (SSSR count). The fourth-order valence-electron chi connectivity index (χ4n) is 1.61. The highest BCUT2D eigenvalue weighted by atomic mass is 16.6. The number of epoxide rings is 1. The van der Waals surface area contributed by atoms with Gasteiger partial charge in [0.05, 0.1) is 12.2 Å². The molecule has 0 radical (unpaired) electrons. The molecule has 0 spiro atoms. The average Bonchev–Trinajstić information content (AvgIpc) is 3.09. The summed E-state index contributed by atoms with van der Waals surface area (Å²) in [6, 6.07) is 4.97. The van der Waals surface area contributed by atoms with E-state index in [0.717, 1.165) is 17.9 Å². The van der Waals surface area contributed by atoms with Gasteiger partial charge in [0.15, 0.2) is 0 Å². The van der Waals surface area contributed by atoms with Crippen molar-refractivity contribution in [3.8, 4) is 5.75 Å². The first kappa shape index (κ1) is 11.9. The molecular formula is C13H16O4. The fourth-order valence-corrected chi connectivity index (χ4v) is 1.61. The molecule has 1 aromatic rings. The van der Waals surface area contributed by atoms with Crippen LogP contribution in [0.4, 0.5) is 0 Å². The molecule has 1 aliphatic heterocycles. The van der Waals surface area contributed by atoms with Gasteiger partial charge in [-0.2, -0.15) is 0 Å². The van der Waals surface area contributed by atoms with Crippen LogP contribution in [-0.2, 0) is 4.74 Å². The van der Waals surface area contributed by atoms with Crippen molar-refractivity contribution in [3.63, 3.8) is 0 Å². The van der Waals surface area contributed by atoms with Crippen LogP contribution in [0.3, 0.4) is 0 Å². The maximum absolute atomic E-state index is 10.9. The summed E-state index contributed by atoms with van der Waals surface area (Å²) >= 11 is 0. The Labute approximate surface area is 100 Å². The van der Waals surface area contributed by atoms with E-state index in [1.54, 1.807) is 18.2 Å². The molecule has 1 saturated heterocycles. The summed E-state index contributed by atoms with van der Waals surface area (Å²) < 4.78 is 10.7. The predicted octanol–water partition coefficient (Wildman–Crippen LogP) is 2.29. The van der Waals surface area contributed by atoms with Crippen molar-refractivity contribution >= 4 is 5.97 Å². The Morgan fingerprint density at radius 2 is 2.29 bits per heavy atom. The molecule has 4 heteroatoms. The third kappa shape index (κ3) is 2.97. The first-order chi connectivity index (χ1) is 8.08. The Morgan fingerprint density at radius 3 is 2.82 bits per heavy atom. The number of rotatable bonds is 5. The third-order valence-corrected chi connectivity index (χ3v) is 2.71. The smallest absolute Gasteiger partial charge is 0.335 e. The van der Waals surface area contributed by atoms with Crippen LogP contribution in [0.25, 0.3) is 0 Å². The number of hydrogen-bond donors (Lipinski definition) is 1. The lowest BCUT2D eigenvalue weighted by molar-refractivity contribution is 0.0696. The molecule has 0 amide bonds. The van der Waals surface area contributed by atoms with Crippen LogP contribution < -0.4 is 4.74 Å². The quantitative estimate of drug-likeness (QED) is 0.797. The van der Waals surface area contributed by atoms with Gasteiger partial charge in [-0.1, -0.05) is 13.8 Å². The van der Waals surface area contributed by atoms with Crippen LogP contribution in [0, 0.1) is 0 Å². The second-order valence-electron chi connectivity index (χ2n) is 4.48. The summed E-state index contributed by atoms with van der Waals surface area (Å²) in [6.45, 7) is 5.32. The highest BCUT2D eigenvalue weighted by Gasteiger charge is 2.24. The lowest BCUT2D eigenvalue weighted by atomic mass is 9.99. The monoisotopic (exact) mass is 236 g/mol. The minimum atomic E-state index is -0.913. The van der Waals surface area contributed by atoms with Crippen LogP contribution >= 0.6 is 0 Å². The van der Waals surface area contributed by atoms with Crippen LogP contribution in [-0.4, -0.2) is 30.4 Å². The molecule has 1 atom stereocenters. The number of carbonyl (C=O) groups is 1. The molecule has 0 aromatic heterocycles. The highest BCUT2D eigenvalue weighted by Crippen LogP contribution is 2.28. The maximum Gasteiger partial charge on any atom is 0.335 e. The standard InChI is InChI=1S/C13H16O4/c1-8(2)11-5-9(13(14)15)3-4-12(11)17-7-10-6-16-10/h3-5,8,10H,6-7H2,1-2H3,(H,14,15). The summed E-state index contributed by atoms with van der Waals surface area (Å²) in [7, 11) is 0. The zero-order valence-electron chi connectivity index (χ0n) is 9.97. The Kier molecular flexibility index (Phi) is 3.33. The summed E-state index contributed by atoms with van der Waals surface area (Å²) in [5.74, 6) is 0.0638. The highest BCUT2D eigenvalue weighted by molar-refractivity contribution is 5.88. The largest absolute Gasteiger partial charge is 0.490 e. The van der Waals surface area contributed by atoms with E-state index in [4.69, 9.17) is 14.6 Å². The van der Waals surface area contributed by atoms with Crippen molar-refractivity contribution in [1.82, 2.24) is 0 Å². The van der Waals surface area contributed by atoms with Crippen LogP contribution in [0.1, 0.15) is 35.7 Å². The van der Waals surface area contributed by atoms with E-state index in [-0.39, 0.29) is 12.0 Å². The van der Waals surface area contributed by atoms with E-state index in [1.165, 1.54) is 0 Å². The Morgan fingerprint density at radius 1 is 1.59 bits per heavy atom. The van der Waals surface area contributed by atoms with E-state index < -0.39 is 5.97 Å². The van der Waals surface area contributed by atoms with Gasteiger partial charge >= 0.3 is 5.97 Å². The van der Waals surface area contributed by atoms with Gasteiger partial charge < -0.3 is 14.6 Å². The second kappa shape index (κ2) is 4.75. The van der Waals surface area contributed by atoms with Gasteiger partial charge in [-0.15, -0.1) is 0 Å². The van der Waals surface area contributed by atoms with E-state index in [1.807, 2.05) is 13.8 Å². The van der Waals surface area contributed by atoms with Gasteiger partial charge in [0.25, 0.3) is 0 Å². The number of carboxylic acids is 1. The van der Waals surface area contributed by atoms with Gasteiger partial charge in [-0.25, -0.2) is 4.79 Å². The number of aromatic carboxylic acids is 1. The summed E-state index contributed by atoms with van der Waals surface area (Å²) in [5.41, 5.74) is 1.22. The molecule has 1 unspecified atom stereocenters. The Hall–Kier alpha value is -1.55. The summed E-state index contributed by atoms with van der Waals surface area (Å²) in [6.07, 6.45) is 0.203. The normalized spacial score (nSPS) is 18.2. The zero-order valence-corrected chi connectivity index (χ0v) is 9.97. The molecule has 1 aromatic carbocycles. The predicted molar refractivity (Wildman–Crippen MR) is 62.7 cm³/mol. The van der Waals surface area contributed by atoms with E-state index in [2.05, 4.69) is 0 Å². The van der Waals surface area contributed by atoms with Gasteiger partial charge in [-0.3, -0.25) is 0 Å². The maximum atomic E-state index is 10.9. The fraction of sp³-hybridized carbons (Fsp3) is 0.462. The second-order valence-corrected chi connectivity index (χ2v) is 4.48. The SMILES string of the molecule is CC(C)c1cc(C(=O)O)ccc1OCC1CO1. The zero-order chi connectivity index (χ0) is 12.4. The minimum absolute atomic E-state index is 0.203. The van der Waals surface area contributed by atoms with E-state index >= 15 is 0 Å². The molecule has 1 fully saturated rings. The van der Waals surface area contributed by atoms with E-state index in [9.17, 15) is 4.79 Å². The summed E-state index contributed by atoms with van der Waals surface area (Å²) in [4.78, 5) is 10.9. The third-order valence-electron chi connectivity index (χ3n) is 2.71. The number of hydrogen-bond acceptors (Lipinski definition) is 3.